The van der Waals surface area contributed by atoms with E-state index in [2.05, 4.69) is 10.2 Å². The summed E-state index contributed by atoms with van der Waals surface area (Å²) in [5.41, 5.74) is 0.992. The standard InChI is InChI=1S/C17H22N4O2S/c1-2-21-15(18-19-16(21)24)14-9-6-10-20(11-14)17(22)23-12-13-7-4-3-5-8-13/h3-5,7-8,14H,2,6,9-12H2,1H3,(H,19,24). The maximum absolute atomic E-state index is 12.4. The molecular weight excluding hydrogens is 324 g/mol. The number of likely N-dealkylation sites (tertiary alicyclic amines) is 1. The van der Waals surface area contributed by atoms with Crippen LogP contribution in [-0.4, -0.2) is 38.8 Å². The second-order valence-corrected chi connectivity index (χ2v) is 6.34. The number of hydrogen-bond acceptors (Lipinski definition) is 4. The van der Waals surface area contributed by atoms with Crippen molar-refractivity contribution in [3.8, 4) is 0 Å². The van der Waals surface area contributed by atoms with E-state index in [1.807, 2.05) is 41.8 Å². The SMILES string of the molecule is CCn1c(C2CCCN(C(=O)OCc3ccccc3)C2)n[nH]c1=S. The Morgan fingerprint density at radius 2 is 2.21 bits per heavy atom. The molecule has 1 amide bonds. The van der Waals surface area contributed by atoms with Gasteiger partial charge in [-0.2, -0.15) is 5.10 Å². The molecule has 0 radical (unpaired) electrons. The normalized spacial score (nSPS) is 17.7. The van der Waals surface area contributed by atoms with Crippen molar-refractivity contribution in [2.75, 3.05) is 13.1 Å². The largest absolute Gasteiger partial charge is 0.445 e. The average molecular weight is 346 g/mol. The van der Waals surface area contributed by atoms with Crippen LogP contribution in [0.15, 0.2) is 30.3 Å². The third-order valence-electron chi connectivity index (χ3n) is 4.35. The first kappa shape index (κ1) is 16.7. The van der Waals surface area contributed by atoms with Crippen LogP contribution in [0.2, 0.25) is 0 Å². The number of amides is 1. The van der Waals surface area contributed by atoms with Gasteiger partial charge in [0.1, 0.15) is 12.4 Å². The molecule has 0 saturated carbocycles. The van der Waals surface area contributed by atoms with Gasteiger partial charge in [0.15, 0.2) is 4.77 Å². The topological polar surface area (TPSA) is 63.1 Å². The van der Waals surface area contributed by atoms with Gasteiger partial charge in [-0.15, -0.1) is 0 Å². The summed E-state index contributed by atoms with van der Waals surface area (Å²) in [7, 11) is 0. The van der Waals surface area contributed by atoms with E-state index in [4.69, 9.17) is 17.0 Å². The number of carbonyl (C=O) groups is 1. The Morgan fingerprint density at radius 3 is 2.96 bits per heavy atom. The second-order valence-electron chi connectivity index (χ2n) is 5.96. The van der Waals surface area contributed by atoms with Crippen molar-refractivity contribution < 1.29 is 9.53 Å². The Hall–Kier alpha value is -2.15. The van der Waals surface area contributed by atoms with Crippen LogP contribution in [0, 0.1) is 4.77 Å². The number of nitrogens with zero attached hydrogens (tertiary/aromatic N) is 3. The van der Waals surface area contributed by atoms with Crippen molar-refractivity contribution in [3.63, 3.8) is 0 Å². The average Bonchev–Trinajstić information content (AvgIpc) is 3.01. The summed E-state index contributed by atoms with van der Waals surface area (Å²) in [6.45, 7) is 4.46. The molecule has 1 N–H and O–H groups in total. The Bertz CT molecular complexity index is 741. The second kappa shape index (κ2) is 7.61. The zero-order chi connectivity index (χ0) is 16.9. The van der Waals surface area contributed by atoms with Crippen molar-refractivity contribution in [3.05, 3.63) is 46.5 Å². The highest BCUT2D eigenvalue weighted by Gasteiger charge is 2.28. The van der Waals surface area contributed by atoms with E-state index in [-0.39, 0.29) is 12.0 Å². The molecule has 1 aromatic carbocycles. The molecule has 2 aromatic rings. The van der Waals surface area contributed by atoms with E-state index in [9.17, 15) is 4.79 Å². The quantitative estimate of drug-likeness (QED) is 0.861. The Morgan fingerprint density at radius 1 is 1.42 bits per heavy atom. The molecular formula is C17H22N4O2S. The van der Waals surface area contributed by atoms with E-state index in [0.717, 1.165) is 37.3 Å². The van der Waals surface area contributed by atoms with Gasteiger partial charge in [-0.1, -0.05) is 30.3 Å². The molecule has 1 atom stereocenters. The molecule has 7 heteroatoms. The molecule has 0 spiro atoms. The van der Waals surface area contributed by atoms with Gasteiger partial charge in [0.25, 0.3) is 0 Å². The molecule has 0 aliphatic carbocycles. The molecule has 0 bridgehead atoms. The highest BCUT2D eigenvalue weighted by molar-refractivity contribution is 7.71. The number of rotatable bonds is 4. The van der Waals surface area contributed by atoms with Crippen LogP contribution < -0.4 is 0 Å². The monoisotopic (exact) mass is 346 g/mol. The fourth-order valence-corrected chi connectivity index (χ4v) is 3.38. The van der Waals surface area contributed by atoms with Crippen LogP contribution in [0.25, 0.3) is 0 Å². The zero-order valence-electron chi connectivity index (χ0n) is 13.8. The van der Waals surface area contributed by atoms with Gasteiger partial charge in [-0.05, 0) is 37.5 Å². The number of hydrogen-bond donors (Lipinski definition) is 1. The molecule has 1 aromatic heterocycles. The summed E-state index contributed by atoms with van der Waals surface area (Å²) >= 11 is 5.26. The highest BCUT2D eigenvalue weighted by atomic mass is 32.1. The number of aromatic nitrogens is 3. The number of benzene rings is 1. The predicted molar refractivity (Wildman–Crippen MR) is 93.3 cm³/mol. The van der Waals surface area contributed by atoms with Crippen LogP contribution >= 0.6 is 12.2 Å². The first-order valence-electron chi connectivity index (χ1n) is 8.29. The summed E-state index contributed by atoms with van der Waals surface area (Å²) in [5.74, 6) is 1.12. The number of ether oxygens (including phenoxy) is 1. The maximum Gasteiger partial charge on any atom is 0.410 e. The molecule has 1 aliphatic rings. The van der Waals surface area contributed by atoms with Crippen molar-refractivity contribution in [2.24, 2.45) is 0 Å². The van der Waals surface area contributed by atoms with Crippen molar-refractivity contribution in [1.82, 2.24) is 19.7 Å². The zero-order valence-corrected chi connectivity index (χ0v) is 14.6. The van der Waals surface area contributed by atoms with Crippen LogP contribution in [-0.2, 0) is 17.9 Å². The lowest BCUT2D eigenvalue weighted by Gasteiger charge is -2.31. The van der Waals surface area contributed by atoms with Gasteiger partial charge < -0.3 is 14.2 Å². The lowest BCUT2D eigenvalue weighted by Crippen LogP contribution is -2.40. The summed E-state index contributed by atoms with van der Waals surface area (Å²) in [6, 6.07) is 9.72. The molecule has 2 heterocycles. The lowest BCUT2D eigenvalue weighted by atomic mass is 9.97. The summed E-state index contributed by atoms with van der Waals surface area (Å²) in [6.07, 6.45) is 1.68. The van der Waals surface area contributed by atoms with Gasteiger partial charge in [-0.3, -0.25) is 5.10 Å². The van der Waals surface area contributed by atoms with Crippen molar-refractivity contribution >= 4 is 18.3 Å². The van der Waals surface area contributed by atoms with Gasteiger partial charge in [0, 0.05) is 25.6 Å². The first-order chi connectivity index (χ1) is 11.7. The lowest BCUT2D eigenvalue weighted by molar-refractivity contribution is 0.0850. The van der Waals surface area contributed by atoms with E-state index in [1.54, 1.807) is 4.90 Å². The first-order valence-corrected chi connectivity index (χ1v) is 8.70. The molecule has 128 valence electrons. The number of nitrogens with one attached hydrogen (secondary N) is 1. The van der Waals surface area contributed by atoms with E-state index in [0.29, 0.717) is 17.9 Å². The minimum Gasteiger partial charge on any atom is -0.445 e. The number of aromatic amines is 1. The van der Waals surface area contributed by atoms with E-state index < -0.39 is 0 Å². The molecule has 1 saturated heterocycles. The van der Waals surface area contributed by atoms with Crippen LogP contribution in [0.4, 0.5) is 4.79 Å². The van der Waals surface area contributed by atoms with Crippen LogP contribution in [0.5, 0.6) is 0 Å². The van der Waals surface area contributed by atoms with Gasteiger partial charge >= 0.3 is 6.09 Å². The summed E-state index contributed by atoms with van der Waals surface area (Å²) in [5, 5.41) is 7.22. The minimum atomic E-state index is -0.263. The van der Waals surface area contributed by atoms with E-state index >= 15 is 0 Å². The number of H-pyrrole nitrogens is 1. The molecule has 1 aliphatic heterocycles. The van der Waals surface area contributed by atoms with Gasteiger partial charge in [0.05, 0.1) is 0 Å². The van der Waals surface area contributed by atoms with Gasteiger partial charge in [0.2, 0.25) is 0 Å². The minimum absolute atomic E-state index is 0.191. The third-order valence-corrected chi connectivity index (χ3v) is 4.67. The van der Waals surface area contributed by atoms with Crippen LogP contribution in [0.1, 0.15) is 37.1 Å². The third kappa shape index (κ3) is 3.67. The fourth-order valence-electron chi connectivity index (χ4n) is 3.11. The Labute approximate surface area is 146 Å². The Kier molecular flexibility index (Phi) is 5.30. The molecule has 6 nitrogen and oxygen atoms in total. The smallest absolute Gasteiger partial charge is 0.410 e. The molecule has 1 fully saturated rings. The van der Waals surface area contributed by atoms with Crippen molar-refractivity contribution in [2.45, 2.75) is 38.8 Å². The fraction of sp³-hybridized carbons (Fsp3) is 0.471. The number of carbonyl (C=O) groups excluding carboxylic acids is 1. The maximum atomic E-state index is 12.4. The van der Waals surface area contributed by atoms with Crippen LogP contribution in [0.3, 0.4) is 0 Å². The summed E-state index contributed by atoms with van der Waals surface area (Å²) in [4.78, 5) is 14.1. The van der Waals surface area contributed by atoms with Crippen molar-refractivity contribution in [1.29, 1.82) is 0 Å². The Balaban J connectivity index is 1.62. The number of piperidine rings is 1. The van der Waals surface area contributed by atoms with E-state index in [1.165, 1.54) is 0 Å². The summed E-state index contributed by atoms with van der Waals surface area (Å²) < 4.78 is 8.08. The van der Waals surface area contributed by atoms with Gasteiger partial charge in [-0.25, -0.2) is 4.79 Å². The molecule has 3 rings (SSSR count). The molecule has 24 heavy (non-hydrogen) atoms. The highest BCUT2D eigenvalue weighted by Crippen LogP contribution is 2.26. The molecule has 1 unspecified atom stereocenters. The predicted octanol–water partition coefficient (Wildman–Crippen LogP) is 3.48.